The number of aromatic nitrogens is 3. The van der Waals surface area contributed by atoms with Crippen LogP contribution >= 0.6 is 11.6 Å². The second kappa shape index (κ2) is 2.84. The Morgan fingerprint density at radius 2 is 2.07 bits per heavy atom. The fourth-order valence-corrected chi connectivity index (χ4v) is 1.83. The van der Waals surface area contributed by atoms with Gasteiger partial charge in [-0.15, -0.1) is 0 Å². The summed E-state index contributed by atoms with van der Waals surface area (Å²) in [4.78, 5) is 15.5. The highest BCUT2D eigenvalue weighted by atomic mass is 35.5. The van der Waals surface area contributed by atoms with Gasteiger partial charge in [0.05, 0.1) is 16.4 Å². The second-order valence-electron chi connectivity index (χ2n) is 3.29. The van der Waals surface area contributed by atoms with Crippen molar-refractivity contribution in [3.63, 3.8) is 0 Å². The van der Waals surface area contributed by atoms with E-state index < -0.39 is 0 Å². The lowest BCUT2D eigenvalue weighted by Crippen LogP contribution is -1.97. The van der Waals surface area contributed by atoms with Gasteiger partial charge in [-0.05, 0) is 18.2 Å². The van der Waals surface area contributed by atoms with Crippen molar-refractivity contribution >= 4 is 33.4 Å². The van der Waals surface area contributed by atoms with Crippen molar-refractivity contribution in [1.29, 1.82) is 0 Å². The predicted octanol–water partition coefficient (Wildman–Crippen LogP) is 2.06. The molecule has 2 N–H and O–H groups in total. The van der Waals surface area contributed by atoms with Crippen molar-refractivity contribution in [2.75, 3.05) is 0 Å². The summed E-state index contributed by atoms with van der Waals surface area (Å²) in [5.74, 6) is 0. The maximum atomic E-state index is 11.3. The lowest BCUT2D eigenvalue weighted by molar-refractivity contribution is 1.08. The number of pyridine rings is 1. The molecule has 4 nitrogen and oxygen atoms in total. The number of aromatic amines is 2. The van der Waals surface area contributed by atoms with Crippen molar-refractivity contribution in [3.05, 3.63) is 39.8 Å². The van der Waals surface area contributed by atoms with Crippen molar-refractivity contribution in [2.45, 2.75) is 0 Å². The number of H-pyrrole nitrogens is 2. The van der Waals surface area contributed by atoms with E-state index >= 15 is 0 Å². The van der Waals surface area contributed by atoms with Crippen molar-refractivity contribution in [3.8, 4) is 0 Å². The zero-order chi connectivity index (χ0) is 10.4. The molecule has 0 saturated carbocycles. The lowest BCUT2D eigenvalue weighted by Gasteiger charge is -1.97. The van der Waals surface area contributed by atoms with E-state index in [0.717, 1.165) is 16.4 Å². The third-order valence-corrected chi connectivity index (χ3v) is 2.61. The highest BCUT2D eigenvalue weighted by molar-refractivity contribution is 6.31. The number of rotatable bonds is 0. The third-order valence-electron chi connectivity index (χ3n) is 2.38. The molecule has 0 fully saturated rings. The van der Waals surface area contributed by atoms with E-state index in [9.17, 15) is 4.79 Å². The standard InChI is InChI=1S/C10H6ClN3O/c11-5-1-2-6-8(3-5)12-4-7-9(6)13-14-10(7)15/h1-4H,(H2,13,14,15). The zero-order valence-electron chi connectivity index (χ0n) is 7.54. The Morgan fingerprint density at radius 1 is 1.20 bits per heavy atom. The van der Waals surface area contributed by atoms with Crippen LogP contribution in [0.25, 0.3) is 21.8 Å². The van der Waals surface area contributed by atoms with Crippen LogP contribution in [0.3, 0.4) is 0 Å². The molecule has 15 heavy (non-hydrogen) atoms. The number of nitrogens with one attached hydrogen (secondary N) is 2. The summed E-state index contributed by atoms with van der Waals surface area (Å²) in [6, 6.07) is 5.38. The van der Waals surface area contributed by atoms with E-state index in [1.807, 2.05) is 6.07 Å². The fourth-order valence-electron chi connectivity index (χ4n) is 1.66. The van der Waals surface area contributed by atoms with Crippen LogP contribution in [0.15, 0.2) is 29.2 Å². The van der Waals surface area contributed by atoms with Gasteiger partial charge in [0.15, 0.2) is 0 Å². The number of nitrogens with zero attached hydrogens (tertiary/aromatic N) is 1. The summed E-state index contributed by atoms with van der Waals surface area (Å²) in [5, 5.41) is 7.44. The van der Waals surface area contributed by atoms with Crippen LogP contribution in [-0.2, 0) is 0 Å². The number of hydrogen-bond acceptors (Lipinski definition) is 2. The molecule has 1 aromatic carbocycles. The van der Waals surface area contributed by atoms with Crippen LogP contribution < -0.4 is 5.56 Å². The Hall–Kier alpha value is -1.81. The van der Waals surface area contributed by atoms with Crippen LogP contribution in [0, 0.1) is 0 Å². The summed E-state index contributed by atoms with van der Waals surface area (Å²) in [5.41, 5.74) is 1.38. The smallest absolute Gasteiger partial charge is 0.273 e. The van der Waals surface area contributed by atoms with E-state index in [-0.39, 0.29) is 5.56 Å². The number of benzene rings is 1. The van der Waals surface area contributed by atoms with Gasteiger partial charge >= 0.3 is 0 Å². The van der Waals surface area contributed by atoms with E-state index in [0.29, 0.717) is 10.4 Å². The molecule has 0 bridgehead atoms. The molecule has 0 aliphatic heterocycles. The minimum absolute atomic E-state index is 0.158. The summed E-state index contributed by atoms with van der Waals surface area (Å²) < 4.78 is 0. The number of fused-ring (bicyclic) bond motifs is 3. The maximum Gasteiger partial charge on any atom is 0.273 e. The van der Waals surface area contributed by atoms with Gasteiger partial charge in [-0.25, -0.2) is 0 Å². The zero-order valence-corrected chi connectivity index (χ0v) is 8.30. The van der Waals surface area contributed by atoms with Crippen LogP contribution in [0.1, 0.15) is 0 Å². The molecule has 2 heterocycles. The van der Waals surface area contributed by atoms with Gasteiger partial charge in [0.1, 0.15) is 0 Å². The van der Waals surface area contributed by atoms with Crippen molar-refractivity contribution in [1.82, 2.24) is 15.2 Å². The predicted molar refractivity (Wildman–Crippen MR) is 59.2 cm³/mol. The minimum Gasteiger partial charge on any atom is -0.297 e. The van der Waals surface area contributed by atoms with Crippen LogP contribution in [0.4, 0.5) is 0 Å². The van der Waals surface area contributed by atoms with Gasteiger partial charge in [0.25, 0.3) is 5.56 Å². The Labute approximate surface area is 88.9 Å². The van der Waals surface area contributed by atoms with E-state index in [2.05, 4.69) is 15.2 Å². The number of hydrogen-bond donors (Lipinski definition) is 2. The SMILES string of the molecule is O=c1[nH][nH]c2c1cnc1cc(Cl)ccc12. The van der Waals surface area contributed by atoms with E-state index in [1.165, 1.54) is 0 Å². The minimum atomic E-state index is -0.158. The summed E-state index contributed by atoms with van der Waals surface area (Å²) in [6.45, 7) is 0. The molecular formula is C10H6ClN3O. The maximum absolute atomic E-state index is 11.3. The second-order valence-corrected chi connectivity index (χ2v) is 3.72. The molecule has 0 spiro atoms. The van der Waals surface area contributed by atoms with Crippen LogP contribution in [0.5, 0.6) is 0 Å². The monoisotopic (exact) mass is 219 g/mol. The Bertz CT molecular complexity index is 713. The molecule has 0 saturated heterocycles. The first-order chi connectivity index (χ1) is 7.25. The van der Waals surface area contributed by atoms with Gasteiger partial charge in [0, 0.05) is 16.6 Å². The van der Waals surface area contributed by atoms with E-state index in [1.54, 1.807) is 18.3 Å². The summed E-state index contributed by atoms with van der Waals surface area (Å²) in [7, 11) is 0. The molecule has 0 unspecified atom stereocenters. The van der Waals surface area contributed by atoms with Gasteiger partial charge in [0.2, 0.25) is 0 Å². The first-order valence-electron chi connectivity index (χ1n) is 4.40. The molecule has 0 amide bonds. The van der Waals surface area contributed by atoms with Crippen LogP contribution in [0.2, 0.25) is 5.02 Å². The first kappa shape index (κ1) is 8.49. The molecule has 0 radical (unpaired) electrons. The van der Waals surface area contributed by atoms with Crippen molar-refractivity contribution in [2.24, 2.45) is 0 Å². The van der Waals surface area contributed by atoms with Crippen molar-refractivity contribution < 1.29 is 0 Å². The largest absolute Gasteiger partial charge is 0.297 e. The molecule has 74 valence electrons. The Kier molecular flexibility index (Phi) is 1.61. The van der Waals surface area contributed by atoms with Gasteiger partial charge in [-0.3, -0.25) is 20.0 Å². The molecule has 3 aromatic rings. The molecule has 2 aromatic heterocycles. The quantitative estimate of drug-likeness (QED) is 0.608. The molecule has 3 rings (SSSR count). The Balaban J connectivity index is 2.60. The van der Waals surface area contributed by atoms with Crippen LogP contribution in [-0.4, -0.2) is 15.2 Å². The van der Waals surface area contributed by atoms with E-state index in [4.69, 9.17) is 11.6 Å². The first-order valence-corrected chi connectivity index (χ1v) is 4.78. The normalized spacial score (nSPS) is 11.3. The topological polar surface area (TPSA) is 61.5 Å². The lowest BCUT2D eigenvalue weighted by atomic mass is 10.2. The summed E-state index contributed by atoms with van der Waals surface area (Å²) >= 11 is 5.86. The van der Waals surface area contributed by atoms with Gasteiger partial charge in [-0.1, -0.05) is 11.6 Å². The molecule has 0 atom stereocenters. The number of halogens is 1. The summed E-state index contributed by atoms with van der Waals surface area (Å²) in [6.07, 6.45) is 1.54. The van der Waals surface area contributed by atoms with Gasteiger partial charge in [-0.2, -0.15) is 0 Å². The molecule has 0 aliphatic carbocycles. The average molecular weight is 220 g/mol. The third kappa shape index (κ3) is 1.15. The average Bonchev–Trinajstić information content (AvgIpc) is 2.60. The molecule has 0 aliphatic rings. The highest BCUT2D eigenvalue weighted by Crippen LogP contribution is 2.22. The molecule has 5 heteroatoms. The highest BCUT2D eigenvalue weighted by Gasteiger charge is 2.06. The Morgan fingerprint density at radius 3 is 2.93 bits per heavy atom. The van der Waals surface area contributed by atoms with Gasteiger partial charge < -0.3 is 0 Å². The molecular weight excluding hydrogens is 214 g/mol. The fraction of sp³-hybridized carbons (Fsp3) is 0.